The van der Waals surface area contributed by atoms with Gasteiger partial charge in [0.1, 0.15) is 0 Å². The second-order valence-corrected chi connectivity index (χ2v) is 4.92. The zero-order valence-corrected chi connectivity index (χ0v) is 11.5. The van der Waals surface area contributed by atoms with E-state index in [-0.39, 0.29) is 43.4 Å². The number of rotatable bonds is 8. The van der Waals surface area contributed by atoms with Crippen LogP contribution in [-0.2, 0) is 14.3 Å². The van der Waals surface area contributed by atoms with Crippen molar-refractivity contribution in [2.24, 2.45) is 5.92 Å². The number of amides is 2. The molecule has 0 heterocycles. The van der Waals surface area contributed by atoms with Gasteiger partial charge in [-0.2, -0.15) is 0 Å². The fourth-order valence-electron chi connectivity index (χ4n) is 2.27. The molecule has 0 bridgehead atoms. The van der Waals surface area contributed by atoms with Crippen molar-refractivity contribution in [3.63, 3.8) is 0 Å². The predicted molar refractivity (Wildman–Crippen MR) is 70.5 cm³/mol. The first-order valence-electron chi connectivity index (χ1n) is 6.84. The number of carbonyl (C=O) groups excluding carboxylic acids is 2. The summed E-state index contributed by atoms with van der Waals surface area (Å²) in [5.41, 5.74) is 0. The van der Waals surface area contributed by atoms with E-state index in [0.717, 1.165) is 25.7 Å². The SMILES string of the molecule is COCC(CO)NC(=O)CCNC(=O)C1CCCC1. The molecule has 1 aliphatic carbocycles. The molecular formula is C13H24N2O4. The lowest BCUT2D eigenvalue weighted by Gasteiger charge is -2.15. The van der Waals surface area contributed by atoms with Gasteiger partial charge in [0.05, 0.1) is 19.3 Å². The molecule has 1 atom stereocenters. The Labute approximate surface area is 113 Å². The van der Waals surface area contributed by atoms with Gasteiger partial charge in [-0.1, -0.05) is 12.8 Å². The Balaban J connectivity index is 2.13. The molecule has 0 saturated heterocycles. The highest BCUT2D eigenvalue weighted by molar-refractivity contribution is 5.80. The van der Waals surface area contributed by atoms with Crippen molar-refractivity contribution >= 4 is 11.8 Å². The molecule has 19 heavy (non-hydrogen) atoms. The molecular weight excluding hydrogens is 248 g/mol. The third-order valence-corrected chi connectivity index (χ3v) is 3.33. The summed E-state index contributed by atoms with van der Waals surface area (Å²) in [7, 11) is 1.51. The molecule has 1 saturated carbocycles. The average molecular weight is 272 g/mol. The van der Waals surface area contributed by atoms with E-state index >= 15 is 0 Å². The highest BCUT2D eigenvalue weighted by atomic mass is 16.5. The van der Waals surface area contributed by atoms with Crippen LogP contribution in [0.1, 0.15) is 32.1 Å². The standard InChI is InChI=1S/C13H24N2O4/c1-19-9-11(8-16)15-12(17)6-7-14-13(18)10-4-2-3-5-10/h10-11,16H,2-9H2,1H3,(H,14,18)(H,15,17). The highest BCUT2D eigenvalue weighted by Crippen LogP contribution is 2.24. The molecule has 0 aromatic heterocycles. The summed E-state index contributed by atoms with van der Waals surface area (Å²) < 4.78 is 4.86. The van der Waals surface area contributed by atoms with Gasteiger partial charge >= 0.3 is 0 Å². The molecule has 1 aliphatic rings. The molecule has 2 amide bonds. The molecule has 0 aromatic rings. The maximum atomic E-state index is 11.7. The summed E-state index contributed by atoms with van der Waals surface area (Å²) in [5.74, 6) is -0.00883. The molecule has 0 radical (unpaired) electrons. The molecule has 6 nitrogen and oxygen atoms in total. The minimum Gasteiger partial charge on any atom is -0.394 e. The van der Waals surface area contributed by atoms with Crippen molar-refractivity contribution in [3.05, 3.63) is 0 Å². The molecule has 0 spiro atoms. The van der Waals surface area contributed by atoms with Gasteiger partial charge in [0.25, 0.3) is 0 Å². The zero-order chi connectivity index (χ0) is 14.1. The quantitative estimate of drug-likeness (QED) is 0.571. The number of hydrogen-bond donors (Lipinski definition) is 3. The third kappa shape index (κ3) is 6.02. The fourth-order valence-corrected chi connectivity index (χ4v) is 2.27. The van der Waals surface area contributed by atoms with Crippen molar-refractivity contribution < 1.29 is 19.4 Å². The summed E-state index contributed by atoms with van der Waals surface area (Å²) in [6.07, 6.45) is 4.37. The van der Waals surface area contributed by atoms with Crippen LogP contribution in [0.4, 0.5) is 0 Å². The minimum absolute atomic E-state index is 0.0564. The Hall–Kier alpha value is -1.14. The van der Waals surface area contributed by atoms with Crippen LogP contribution in [0, 0.1) is 5.92 Å². The topological polar surface area (TPSA) is 87.7 Å². The van der Waals surface area contributed by atoms with Gasteiger partial charge in [-0.3, -0.25) is 9.59 Å². The molecule has 1 fully saturated rings. The van der Waals surface area contributed by atoms with E-state index in [2.05, 4.69) is 10.6 Å². The minimum atomic E-state index is -0.386. The number of nitrogens with one attached hydrogen (secondary N) is 2. The van der Waals surface area contributed by atoms with Crippen LogP contribution in [0.2, 0.25) is 0 Å². The second-order valence-electron chi connectivity index (χ2n) is 4.92. The molecule has 6 heteroatoms. The van der Waals surface area contributed by atoms with Gasteiger partial charge < -0.3 is 20.5 Å². The lowest BCUT2D eigenvalue weighted by atomic mass is 10.1. The first-order valence-corrected chi connectivity index (χ1v) is 6.84. The summed E-state index contributed by atoms with van der Waals surface area (Å²) in [4.78, 5) is 23.3. The number of ether oxygens (including phenoxy) is 1. The average Bonchev–Trinajstić information content (AvgIpc) is 2.92. The van der Waals surface area contributed by atoms with Crippen LogP contribution in [0.25, 0.3) is 0 Å². The highest BCUT2D eigenvalue weighted by Gasteiger charge is 2.22. The summed E-state index contributed by atoms with van der Waals surface area (Å²) in [6.45, 7) is 0.455. The molecule has 1 rings (SSSR count). The first-order chi connectivity index (χ1) is 9.17. The molecule has 1 unspecified atom stereocenters. The van der Waals surface area contributed by atoms with Crippen molar-refractivity contribution in [1.82, 2.24) is 10.6 Å². The van der Waals surface area contributed by atoms with Crippen LogP contribution in [0.15, 0.2) is 0 Å². The fraction of sp³-hybridized carbons (Fsp3) is 0.846. The van der Waals surface area contributed by atoms with Crippen molar-refractivity contribution in [2.75, 3.05) is 26.9 Å². The van der Waals surface area contributed by atoms with Crippen molar-refractivity contribution in [1.29, 1.82) is 0 Å². The Morgan fingerprint density at radius 2 is 2.05 bits per heavy atom. The van der Waals surface area contributed by atoms with E-state index in [1.165, 1.54) is 7.11 Å². The van der Waals surface area contributed by atoms with E-state index in [0.29, 0.717) is 6.54 Å². The third-order valence-electron chi connectivity index (χ3n) is 3.33. The van der Waals surface area contributed by atoms with Crippen LogP contribution in [0.3, 0.4) is 0 Å². The van der Waals surface area contributed by atoms with E-state index in [9.17, 15) is 9.59 Å². The monoisotopic (exact) mass is 272 g/mol. The Morgan fingerprint density at radius 1 is 1.37 bits per heavy atom. The van der Waals surface area contributed by atoms with Gasteiger partial charge in [-0.15, -0.1) is 0 Å². The van der Waals surface area contributed by atoms with Crippen LogP contribution in [0.5, 0.6) is 0 Å². The Kier molecular flexibility index (Phi) is 7.43. The van der Waals surface area contributed by atoms with E-state index in [1.807, 2.05) is 0 Å². The van der Waals surface area contributed by atoms with Gasteiger partial charge in [0.2, 0.25) is 11.8 Å². The zero-order valence-electron chi connectivity index (χ0n) is 11.5. The summed E-state index contributed by atoms with van der Waals surface area (Å²) in [6, 6.07) is -0.386. The summed E-state index contributed by atoms with van der Waals surface area (Å²) >= 11 is 0. The largest absolute Gasteiger partial charge is 0.394 e. The van der Waals surface area contributed by atoms with Crippen LogP contribution in [-0.4, -0.2) is 49.8 Å². The van der Waals surface area contributed by atoms with Crippen LogP contribution >= 0.6 is 0 Å². The van der Waals surface area contributed by atoms with Gasteiger partial charge in [0, 0.05) is 26.0 Å². The van der Waals surface area contributed by atoms with Gasteiger partial charge in [-0.05, 0) is 12.8 Å². The predicted octanol–water partition coefficient (Wildman–Crippen LogP) is -0.194. The van der Waals surface area contributed by atoms with E-state index in [1.54, 1.807) is 0 Å². The molecule has 0 aromatic carbocycles. The molecule has 0 aliphatic heterocycles. The number of methoxy groups -OCH3 is 1. The number of aliphatic hydroxyl groups is 1. The van der Waals surface area contributed by atoms with E-state index < -0.39 is 0 Å². The van der Waals surface area contributed by atoms with Gasteiger partial charge in [-0.25, -0.2) is 0 Å². The first kappa shape index (κ1) is 15.9. The maximum Gasteiger partial charge on any atom is 0.223 e. The smallest absolute Gasteiger partial charge is 0.223 e. The van der Waals surface area contributed by atoms with Crippen molar-refractivity contribution in [2.45, 2.75) is 38.1 Å². The number of carbonyl (C=O) groups is 2. The Morgan fingerprint density at radius 3 is 2.63 bits per heavy atom. The lowest BCUT2D eigenvalue weighted by molar-refractivity contribution is -0.125. The molecule has 110 valence electrons. The maximum absolute atomic E-state index is 11.7. The summed E-state index contributed by atoms with van der Waals surface area (Å²) in [5, 5.41) is 14.4. The van der Waals surface area contributed by atoms with Crippen LogP contribution < -0.4 is 10.6 Å². The van der Waals surface area contributed by atoms with Gasteiger partial charge in [0.15, 0.2) is 0 Å². The normalized spacial score (nSPS) is 17.2. The van der Waals surface area contributed by atoms with E-state index in [4.69, 9.17) is 9.84 Å². The second kappa shape index (κ2) is 8.87. The molecule has 3 N–H and O–H groups in total. The lowest BCUT2D eigenvalue weighted by Crippen LogP contribution is -2.42. The number of aliphatic hydroxyl groups excluding tert-OH is 1. The van der Waals surface area contributed by atoms with Crippen molar-refractivity contribution in [3.8, 4) is 0 Å². The number of hydrogen-bond acceptors (Lipinski definition) is 4. The Bertz CT molecular complexity index is 290.